The van der Waals surface area contributed by atoms with Crippen molar-refractivity contribution in [3.8, 4) is 5.75 Å². The fourth-order valence-corrected chi connectivity index (χ4v) is 3.13. The number of rotatable bonds is 5. The van der Waals surface area contributed by atoms with Crippen LogP contribution in [0.4, 0.5) is 11.4 Å². The van der Waals surface area contributed by atoms with E-state index >= 15 is 0 Å². The van der Waals surface area contributed by atoms with Crippen LogP contribution >= 0.6 is 11.6 Å². The molecule has 0 aliphatic carbocycles. The Morgan fingerprint density at radius 3 is 2.52 bits per heavy atom. The van der Waals surface area contributed by atoms with Crippen molar-refractivity contribution in [1.29, 1.82) is 0 Å². The van der Waals surface area contributed by atoms with E-state index in [2.05, 4.69) is 22.3 Å². The second-order valence-electron chi connectivity index (χ2n) is 6.30. The summed E-state index contributed by atoms with van der Waals surface area (Å²) in [5.74, 6) is 0.390. The standard InChI is InChI=1S/C20H23ClN2O2/c1-15(25-19-7-5-6-16(21)14-19)20(24)22-17-8-10-18(11-9-17)23-12-3-2-4-13-23/h5-11,14-15H,2-4,12-13H2,1H3,(H,22,24)/t15-/m1/s1. The maximum Gasteiger partial charge on any atom is 0.265 e. The van der Waals surface area contributed by atoms with E-state index < -0.39 is 6.10 Å². The summed E-state index contributed by atoms with van der Waals surface area (Å²) in [7, 11) is 0. The highest BCUT2D eigenvalue weighted by atomic mass is 35.5. The highest BCUT2D eigenvalue weighted by molar-refractivity contribution is 6.30. The zero-order valence-corrected chi connectivity index (χ0v) is 15.1. The second-order valence-corrected chi connectivity index (χ2v) is 6.74. The number of amides is 1. The van der Waals surface area contributed by atoms with Gasteiger partial charge in [0.2, 0.25) is 0 Å². The van der Waals surface area contributed by atoms with Crippen LogP contribution < -0.4 is 15.0 Å². The fraction of sp³-hybridized carbons (Fsp3) is 0.350. The molecule has 1 heterocycles. The van der Waals surface area contributed by atoms with Crippen molar-refractivity contribution in [3.05, 3.63) is 53.6 Å². The van der Waals surface area contributed by atoms with Gasteiger partial charge in [0.1, 0.15) is 5.75 Å². The van der Waals surface area contributed by atoms with E-state index in [-0.39, 0.29) is 5.91 Å². The molecule has 1 N–H and O–H groups in total. The van der Waals surface area contributed by atoms with Gasteiger partial charge in [-0.1, -0.05) is 17.7 Å². The summed E-state index contributed by atoms with van der Waals surface area (Å²) in [6.45, 7) is 3.94. The highest BCUT2D eigenvalue weighted by Gasteiger charge is 2.16. The van der Waals surface area contributed by atoms with Crippen molar-refractivity contribution in [2.75, 3.05) is 23.3 Å². The molecule has 1 saturated heterocycles. The number of carbonyl (C=O) groups is 1. The normalized spacial score (nSPS) is 15.5. The van der Waals surface area contributed by atoms with Gasteiger partial charge in [-0.05, 0) is 68.7 Å². The van der Waals surface area contributed by atoms with Gasteiger partial charge >= 0.3 is 0 Å². The number of hydrogen-bond donors (Lipinski definition) is 1. The van der Waals surface area contributed by atoms with E-state index in [0.29, 0.717) is 10.8 Å². The molecule has 0 spiro atoms. The zero-order valence-electron chi connectivity index (χ0n) is 14.4. The summed E-state index contributed by atoms with van der Waals surface area (Å²) in [6, 6.07) is 15.0. The van der Waals surface area contributed by atoms with Gasteiger partial charge in [-0.2, -0.15) is 0 Å². The Labute approximate surface area is 153 Å². The van der Waals surface area contributed by atoms with Crippen LogP contribution in [0.25, 0.3) is 0 Å². The van der Waals surface area contributed by atoms with Crippen molar-refractivity contribution in [3.63, 3.8) is 0 Å². The number of ether oxygens (including phenoxy) is 1. The third-order valence-electron chi connectivity index (χ3n) is 4.33. The van der Waals surface area contributed by atoms with Gasteiger partial charge in [0, 0.05) is 29.5 Å². The average Bonchev–Trinajstić information content (AvgIpc) is 2.63. The smallest absolute Gasteiger partial charge is 0.265 e. The van der Waals surface area contributed by atoms with E-state index in [4.69, 9.17) is 16.3 Å². The summed E-state index contributed by atoms with van der Waals surface area (Å²) in [6.07, 6.45) is 3.20. The van der Waals surface area contributed by atoms with Crippen LogP contribution in [0.5, 0.6) is 5.75 Å². The summed E-state index contributed by atoms with van der Waals surface area (Å²) < 4.78 is 5.64. The summed E-state index contributed by atoms with van der Waals surface area (Å²) in [4.78, 5) is 14.7. The lowest BCUT2D eigenvalue weighted by molar-refractivity contribution is -0.122. The molecular weight excluding hydrogens is 336 g/mol. The number of piperidine rings is 1. The predicted octanol–water partition coefficient (Wildman–Crippen LogP) is 4.74. The second kappa shape index (κ2) is 8.26. The van der Waals surface area contributed by atoms with Crippen LogP contribution in [0.1, 0.15) is 26.2 Å². The monoisotopic (exact) mass is 358 g/mol. The number of nitrogens with one attached hydrogen (secondary N) is 1. The van der Waals surface area contributed by atoms with Gasteiger partial charge in [0.05, 0.1) is 0 Å². The van der Waals surface area contributed by atoms with E-state index in [1.165, 1.54) is 24.9 Å². The van der Waals surface area contributed by atoms with Gasteiger partial charge in [-0.3, -0.25) is 4.79 Å². The van der Waals surface area contributed by atoms with Gasteiger partial charge < -0.3 is 15.0 Å². The quantitative estimate of drug-likeness (QED) is 0.839. The van der Waals surface area contributed by atoms with Crippen LogP contribution in [0.15, 0.2) is 48.5 Å². The van der Waals surface area contributed by atoms with E-state index in [0.717, 1.165) is 18.8 Å². The molecule has 0 unspecified atom stereocenters. The predicted molar refractivity (Wildman–Crippen MR) is 103 cm³/mol. The highest BCUT2D eigenvalue weighted by Crippen LogP contribution is 2.22. The Kier molecular flexibility index (Phi) is 5.82. The van der Waals surface area contributed by atoms with E-state index in [1.54, 1.807) is 31.2 Å². The molecule has 2 aromatic carbocycles. The largest absolute Gasteiger partial charge is 0.481 e. The minimum absolute atomic E-state index is 0.189. The van der Waals surface area contributed by atoms with Crippen LogP contribution in [0.2, 0.25) is 5.02 Å². The number of benzene rings is 2. The van der Waals surface area contributed by atoms with Gasteiger partial charge in [-0.25, -0.2) is 0 Å². The molecule has 1 aliphatic rings. The lowest BCUT2D eigenvalue weighted by Crippen LogP contribution is -2.30. The Balaban J connectivity index is 1.56. The Bertz CT molecular complexity index is 712. The SMILES string of the molecule is C[C@@H](Oc1cccc(Cl)c1)C(=O)Nc1ccc(N2CCCCC2)cc1. The molecular formula is C20H23ClN2O2. The molecule has 0 aromatic heterocycles. The number of hydrogen-bond acceptors (Lipinski definition) is 3. The Hall–Kier alpha value is -2.20. The van der Waals surface area contributed by atoms with Crippen LogP contribution in [0.3, 0.4) is 0 Å². The molecule has 1 fully saturated rings. The Morgan fingerprint density at radius 1 is 1.12 bits per heavy atom. The van der Waals surface area contributed by atoms with Crippen LogP contribution in [-0.4, -0.2) is 25.1 Å². The molecule has 3 rings (SSSR count). The molecule has 25 heavy (non-hydrogen) atoms. The van der Waals surface area contributed by atoms with Crippen molar-refractivity contribution in [2.24, 2.45) is 0 Å². The third kappa shape index (κ3) is 4.89. The van der Waals surface area contributed by atoms with E-state index in [9.17, 15) is 4.79 Å². The molecule has 1 aliphatic heterocycles. The average molecular weight is 359 g/mol. The third-order valence-corrected chi connectivity index (χ3v) is 4.57. The molecule has 0 bridgehead atoms. The maximum absolute atomic E-state index is 12.3. The first-order chi connectivity index (χ1) is 12.1. The van der Waals surface area contributed by atoms with E-state index in [1.807, 2.05) is 12.1 Å². The van der Waals surface area contributed by atoms with Gasteiger partial charge in [-0.15, -0.1) is 0 Å². The van der Waals surface area contributed by atoms with Crippen molar-refractivity contribution in [2.45, 2.75) is 32.3 Å². The molecule has 1 atom stereocenters. The minimum Gasteiger partial charge on any atom is -0.481 e. The minimum atomic E-state index is -0.611. The van der Waals surface area contributed by atoms with Crippen molar-refractivity contribution < 1.29 is 9.53 Å². The molecule has 0 saturated carbocycles. The van der Waals surface area contributed by atoms with Crippen LogP contribution in [-0.2, 0) is 4.79 Å². The lowest BCUT2D eigenvalue weighted by Gasteiger charge is -2.28. The first-order valence-corrected chi connectivity index (χ1v) is 9.08. The van der Waals surface area contributed by atoms with Crippen molar-refractivity contribution >= 4 is 28.9 Å². The fourth-order valence-electron chi connectivity index (χ4n) is 2.95. The van der Waals surface area contributed by atoms with Crippen molar-refractivity contribution in [1.82, 2.24) is 0 Å². The molecule has 5 heteroatoms. The molecule has 2 aromatic rings. The zero-order chi connectivity index (χ0) is 17.6. The molecule has 0 radical (unpaired) electrons. The topological polar surface area (TPSA) is 41.6 Å². The maximum atomic E-state index is 12.3. The van der Waals surface area contributed by atoms with Gasteiger partial charge in [0.25, 0.3) is 5.91 Å². The number of carbonyl (C=O) groups excluding carboxylic acids is 1. The first kappa shape index (κ1) is 17.6. The molecule has 1 amide bonds. The van der Waals surface area contributed by atoms with Gasteiger partial charge in [0.15, 0.2) is 6.10 Å². The first-order valence-electron chi connectivity index (χ1n) is 8.70. The summed E-state index contributed by atoms with van der Waals surface area (Å²) in [5.41, 5.74) is 1.98. The summed E-state index contributed by atoms with van der Waals surface area (Å²) in [5, 5.41) is 3.47. The number of anilines is 2. The van der Waals surface area contributed by atoms with Crippen LogP contribution in [0, 0.1) is 0 Å². The number of nitrogens with zero attached hydrogens (tertiary/aromatic N) is 1. The number of halogens is 1. The lowest BCUT2D eigenvalue weighted by atomic mass is 10.1. The summed E-state index contributed by atoms with van der Waals surface area (Å²) >= 11 is 5.93. The Morgan fingerprint density at radius 2 is 1.84 bits per heavy atom. The molecule has 4 nitrogen and oxygen atoms in total. The molecule has 132 valence electrons.